The molecule has 1 aliphatic rings. The van der Waals surface area contributed by atoms with Crippen LogP contribution in [0.15, 0.2) is 18.2 Å². The number of carbonyl (C=O) groups is 1. The molecule has 2 amide bonds. The molecule has 0 spiro atoms. The lowest BCUT2D eigenvalue weighted by Gasteiger charge is -2.35. The van der Waals surface area contributed by atoms with Gasteiger partial charge in [-0.3, -0.25) is 4.90 Å². The molecule has 2 rings (SSSR count). The lowest BCUT2D eigenvalue weighted by atomic mass is 10.2. The number of carbonyl (C=O) groups excluding carboxylic acids is 1. The first-order valence-electron chi connectivity index (χ1n) is 7.19. The molecule has 0 saturated carbocycles. The lowest BCUT2D eigenvalue weighted by molar-refractivity contribution is 0.138. The highest BCUT2D eigenvalue weighted by molar-refractivity contribution is 5.89. The van der Waals surface area contributed by atoms with E-state index in [9.17, 15) is 13.6 Å². The van der Waals surface area contributed by atoms with E-state index in [-0.39, 0.29) is 5.69 Å². The molecule has 0 radical (unpaired) electrons. The third kappa shape index (κ3) is 4.14. The summed E-state index contributed by atoms with van der Waals surface area (Å²) in [7, 11) is 0. The molecule has 0 bridgehead atoms. The molecule has 1 saturated heterocycles. The van der Waals surface area contributed by atoms with Crippen LogP contribution in [0.4, 0.5) is 19.3 Å². The van der Waals surface area contributed by atoms with Crippen LogP contribution in [-0.4, -0.2) is 48.6 Å². The predicted octanol–water partition coefficient (Wildman–Crippen LogP) is 2.77. The third-order valence-electron chi connectivity index (χ3n) is 3.48. The minimum Gasteiger partial charge on any atom is -0.322 e. The smallest absolute Gasteiger partial charge is 0.322 e. The van der Waals surface area contributed by atoms with Gasteiger partial charge in [-0.2, -0.15) is 0 Å². The molecule has 0 unspecified atom stereocenters. The molecule has 1 N–H and O–H groups in total. The Morgan fingerprint density at radius 3 is 2.29 bits per heavy atom. The summed E-state index contributed by atoms with van der Waals surface area (Å²) in [6, 6.07) is 3.06. The van der Waals surface area contributed by atoms with Crippen molar-refractivity contribution in [2.75, 3.05) is 38.0 Å². The summed E-state index contributed by atoms with van der Waals surface area (Å²) in [5.41, 5.74) is -0.382. The Bertz CT molecular complexity index is 479. The number of para-hydroxylation sites is 1. The third-order valence-corrected chi connectivity index (χ3v) is 3.48. The second-order valence-electron chi connectivity index (χ2n) is 5.71. The van der Waals surface area contributed by atoms with Gasteiger partial charge >= 0.3 is 6.03 Å². The number of anilines is 1. The summed E-state index contributed by atoms with van der Waals surface area (Å²) in [6.07, 6.45) is 0. The summed E-state index contributed by atoms with van der Waals surface area (Å²) in [5, 5.41) is 2.32. The Morgan fingerprint density at radius 1 is 1.19 bits per heavy atom. The van der Waals surface area contributed by atoms with Crippen LogP contribution >= 0.6 is 0 Å². The van der Waals surface area contributed by atoms with Gasteiger partial charge in [-0.05, 0) is 18.1 Å². The molecular weight excluding hydrogens is 276 g/mol. The normalized spacial score (nSPS) is 16.3. The number of nitrogens with zero attached hydrogens (tertiary/aromatic N) is 2. The van der Waals surface area contributed by atoms with Gasteiger partial charge in [-0.25, -0.2) is 13.6 Å². The van der Waals surface area contributed by atoms with Crippen molar-refractivity contribution in [2.24, 2.45) is 5.92 Å². The van der Waals surface area contributed by atoms with E-state index in [1.165, 1.54) is 6.07 Å². The average molecular weight is 297 g/mol. The van der Waals surface area contributed by atoms with E-state index in [2.05, 4.69) is 24.1 Å². The molecule has 1 aromatic carbocycles. The highest BCUT2D eigenvalue weighted by Gasteiger charge is 2.22. The molecule has 4 nitrogen and oxygen atoms in total. The van der Waals surface area contributed by atoms with Gasteiger partial charge in [0.05, 0.1) is 0 Å². The molecule has 6 heteroatoms. The maximum Gasteiger partial charge on any atom is 0.322 e. The van der Waals surface area contributed by atoms with Crippen LogP contribution in [0, 0.1) is 17.6 Å². The fourth-order valence-corrected chi connectivity index (χ4v) is 2.45. The number of hydrogen-bond acceptors (Lipinski definition) is 2. The molecular formula is C15H21F2N3O. The molecule has 0 aromatic heterocycles. The lowest BCUT2D eigenvalue weighted by Crippen LogP contribution is -2.50. The number of benzene rings is 1. The molecule has 1 heterocycles. The average Bonchev–Trinajstić information content (AvgIpc) is 2.43. The van der Waals surface area contributed by atoms with Gasteiger partial charge in [0.2, 0.25) is 0 Å². The second-order valence-corrected chi connectivity index (χ2v) is 5.71. The topological polar surface area (TPSA) is 35.6 Å². The quantitative estimate of drug-likeness (QED) is 0.931. The Kier molecular flexibility index (Phi) is 5.12. The van der Waals surface area contributed by atoms with Gasteiger partial charge < -0.3 is 10.2 Å². The minimum atomic E-state index is -0.762. The van der Waals surface area contributed by atoms with E-state index < -0.39 is 17.7 Å². The molecule has 0 atom stereocenters. The largest absolute Gasteiger partial charge is 0.322 e. The van der Waals surface area contributed by atoms with Crippen LogP contribution in [0.3, 0.4) is 0 Å². The minimum absolute atomic E-state index is 0.382. The molecule has 21 heavy (non-hydrogen) atoms. The first-order valence-corrected chi connectivity index (χ1v) is 7.19. The van der Waals surface area contributed by atoms with E-state index in [1.807, 2.05) is 0 Å². The summed E-state index contributed by atoms with van der Waals surface area (Å²) < 4.78 is 27.0. The molecule has 1 fully saturated rings. The number of amides is 2. The first kappa shape index (κ1) is 15.7. The van der Waals surface area contributed by atoms with Crippen molar-refractivity contribution in [1.29, 1.82) is 0 Å². The van der Waals surface area contributed by atoms with E-state index in [0.29, 0.717) is 19.0 Å². The maximum absolute atomic E-state index is 13.5. The fraction of sp³-hybridized carbons (Fsp3) is 0.533. The van der Waals surface area contributed by atoms with Crippen molar-refractivity contribution in [2.45, 2.75) is 13.8 Å². The number of halogens is 2. The van der Waals surface area contributed by atoms with Crippen molar-refractivity contribution in [1.82, 2.24) is 9.80 Å². The van der Waals surface area contributed by atoms with E-state index in [0.717, 1.165) is 31.8 Å². The fourth-order valence-electron chi connectivity index (χ4n) is 2.45. The molecule has 116 valence electrons. The molecule has 0 aliphatic carbocycles. The second kappa shape index (κ2) is 6.85. The highest BCUT2D eigenvalue weighted by Crippen LogP contribution is 2.18. The van der Waals surface area contributed by atoms with Crippen molar-refractivity contribution in [3.05, 3.63) is 29.8 Å². The number of piperazine rings is 1. The zero-order chi connectivity index (χ0) is 15.4. The number of hydrogen-bond donors (Lipinski definition) is 1. The van der Waals surface area contributed by atoms with Crippen LogP contribution < -0.4 is 5.32 Å². The SMILES string of the molecule is CC(C)CN1CCN(C(=O)Nc2c(F)cccc2F)CC1. The number of nitrogens with one attached hydrogen (secondary N) is 1. The van der Waals surface area contributed by atoms with Gasteiger partial charge in [0.25, 0.3) is 0 Å². The van der Waals surface area contributed by atoms with Gasteiger partial charge in [0.15, 0.2) is 0 Å². The summed E-state index contributed by atoms with van der Waals surface area (Å²) in [5.74, 6) is -0.943. The van der Waals surface area contributed by atoms with Crippen molar-refractivity contribution < 1.29 is 13.6 Å². The maximum atomic E-state index is 13.5. The summed E-state index contributed by atoms with van der Waals surface area (Å²) in [4.78, 5) is 15.9. The van der Waals surface area contributed by atoms with Crippen LogP contribution in [0.2, 0.25) is 0 Å². The Balaban J connectivity index is 1.91. The van der Waals surface area contributed by atoms with Crippen molar-refractivity contribution >= 4 is 11.7 Å². The van der Waals surface area contributed by atoms with Gasteiger partial charge in [0, 0.05) is 32.7 Å². The predicted molar refractivity (Wildman–Crippen MR) is 78.2 cm³/mol. The van der Waals surface area contributed by atoms with Crippen LogP contribution in [-0.2, 0) is 0 Å². The van der Waals surface area contributed by atoms with Gasteiger partial charge in [-0.1, -0.05) is 19.9 Å². The van der Waals surface area contributed by atoms with Gasteiger partial charge in [0.1, 0.15) is 17.3 Å². The molecule has 1 aromatic rings. The zero-order valence-electron chi connectivity index (χ0n) is 12.4. The standard InChI is InChI=1S/C15H21F2N3O/c1-11(2)10-19-6-8-20(9-7-19)15(21)18-14-12(16)4-3-5-13(14)17/h3-5,11H,6-10H2,1-2H3,(H,18,21). The van der Waals surface area contributed by atoms with Gasteiger partial charge in [-0.15, -0.1) is 0 Å². The summed E-state index contributed by atoms with van der Waals surface area (Å²) >= 11 is 0. The summed E-state index contributed by atoms with van der Waals surface area (Å²) in [6.45, 7) is 8.00. The van der Waals surface area contributed by atoms with E-state index in [1.54, 1.807) is 4.90 Å². The number of urea groups is 1. The van der Waals surface area contributed by atoms with Crippen molar-refractivity contribution in [3.8, 4) is 0 Å². The Labute approximate surface area is 123 Å². The van der Waals surface area contributed by atoms with Crippen LogP contribution in [0.5, 0.6) is 0 Å². The highest BCUT2D eigenvalue weighted by atomic mass is 19.1. The number of rotatable bonds is 3. The zero-order valence-corrected chi connectivity index (χ0v) is 12.4. The van der Waals surface area contributed by atoms with E-state index >= 15 is 0 Å². The Hall–Kier alpha value is -1.69. The first-order chi connectivity index (χ1) is 9.97. The van der Waals surface area contributed by atoms with Crippen molar-refractivity contribution in [3.63, 3.8) is 0 Å². The monoisotopic (exact) mass is 297 g/mol. The van der Waals surface area contributed by atoms with Crippen LogP contribution in [0.1, 0.15) is 13.8 Å². The molecule has 1 aliphatic heterocycles. The van der Waals surface area contributed by atoms with E-state index in [4.69, 9.17) is 0 Å². The van der Waals surface area contributed by atoms with Crippen LogP contribution in [0.25, 0.3) is 0 Å². The Morgan fingerprint density at radius 2 is 1.76 bits per heavy atom.